The lowest BCUT2D eigenvalue weighted by molar-refractivity contribution is 0.0470. The zero-order chi connectivity index (χ0) is 19.9. The molecular formula is C24H22O4. The maximum atomic E-state index is 12.3. The largest absolute Gasteiger partial charge is 0.457 e. The monoisotopic (exact) mass is 374 g/mol. The van der Waals surface area contributed by atoms with Crippen LogP contribution in [-0.2, 0) is 22.7 Å². The van der Waals surface area contributed by atoms with Crippen LogP contribution in [0, 0.1) is 13.8 Å². The van der Waals surface area contributed by atoms with Crippen LogP contribution in [0.15, 0.2) is 72.8 Å². The zero-order valence-electron chi connectivity index (χ0n) is 16.0. The van der Waals surface area contributed by atoms with Gasteiger partial charge >= 0.3 is 11.9 Å². The van der Waals surface area contributed by atoms with Crippen molar-refractivity contribution in [1.82, 2.24) is 0 Å². The van der Waals surface area contributed by atoms with Gasteiger partial charge in [0, 0.05) is 0 Å². The first-order chi connectivity index (χ1) is 13.5. The average molecular weight is 374 g/mol. The molecule has 3 aromatic carbocycles. The summed E-state index contributed by atoms with van der Waals surface area (Å²) < 4.78 is 10.7. The number of benzene rings is 3. The molecule has 4 nitrogen and oxygen atoms in total. The third-order valence-electron chi connectivity index (χ3n) is 4.32. The van der Waals surface area contributed by atoms with E-state index in [1.54, 1.807) is 18.2 Å². The van der Waals surface area contributed by atoms with E-state index in [0.717, 1.165) is 22.3 Å². The van der Waals surface area contributed by atoms with Gasteiger partial charge in [-0.2, -0.15) is 0 Å². The summed E-state index contributed by atoms with van der Waals surface area (Å²) in [5.74, 6) is -0.956. The first-order valence-electron chi connectivity index (χ1n) is 9.07. The predicted octanol–water partition coefficient (Wildman–Crippen LogP) is 5.02. The van der Waals surface area contributed by atoms with Crippen molar-refractivity contribution >= 4 is 11.9 Å². The number of carbonyl (C=O) groups is 2. The van der Waals surface area contributed by atoms with E-state index in [0.29, 0.717) is 11.1 Å². The molecule has 142 valence electrons. The highest BCUT2D eigenvalue weighted by molar-refractivity contribution is 5.95. The molecule has 0 fully saturated rings. The van der Waals surface area contributed by atoms with Crippen molar-refractivity contribution in [3.05, 3.63) is 106 Å². The quantitative estimate of drug-likeness (QED) is 0.569. The van der Waals surface area contributed by atoms with Crippen molar-refractivity contribution < 1.29 is 19.1 Å². The maximum Gasteiger partial charge on any atom is 0.338 e. The Bertz CT molecular complexity index is 880. The Labute approximate surface area is 164 Å². The SMILES string of the molecule is Cc1ccc(COC(=O)c2cccc(C(=O)OCc3ccc(C)cc3)c2)cc1. The van der Waals surface area contributed by atoms with E-state index < -0.39 is 11.9 Å². The zero-order valence-corrected chi connectivity index (χ0v) is 16.0. The van der Waals surface area contributed by atoms with Gasteiger partial charge in [-0.05, 0) is 43.2 Å². The van der Waals surface area contributed by atoms with Crippen molar-refractivity contribution in [1.29, 1.82) is 0 Å². The molecule has 3 aromatic rings. The van der Waals surface area contributed by atoms with E-state index in [9.17, 15) is 9.59 Å². The normalized spacial score (nSPS) is 10.4. The number of aryl methyl sites for hydroxylation is 2. The predicted molar refractivity (Wildman–Crippen MR) is 107 cm³/mol. The van der Waals surface area contributed by atoms with Gasteiger partial charge in [-0.3, -0.25) is 0 Å². The van der Waals surface area contributed by atoms with Crippen molar-refractivity contribution in [2.24, 2.45) is 0 Å². The molecule has 0 saturated carbocycles. The standard InChI is InChI=1S/C24H22O4/c1-17-6-10-19(11-7-17)15-27-23(25)21-4-3-5-22(14-21)24(26)28-16-20-12-8-18(2)9-13-20/h3-14H,15-16H2,1-2H3. The van der Waals surface area contributed by atoms with Crippen molar-refractivity contribution in [3.63, 3.8) is 0 Å². The van der Waals surface area contributed by atoms with Crippen LogP contribution in [0.25, 0.3) is 0 Å². The van der Waals surface area contributed by atoms with E-state index in [1.165, 1.54) is 6.07 Å². The average Bonchev–Trinajstić information content (AvgIpc) is 2.72. The fourth-order valence-corrected chi connectivity index (χ4v) is 2.61. The van der Waals surface area contributed by atoms with Gasteiger partial charge in [-0.1, -0.05) is 65.7 Å². The number of hydrogen-bond donors (Lipinski definition) is 0. The van der Waals surface area contributed by atoms with Crippen LogP contribution in [0.2, 0.25) is 0 Å². The minimum Gasteiger partial charge on any atom is -0.457 e. The van der Waals surface area contributed by atoms with Crippen LogP contribution in [0.1, 0.15) is 43.0 Å². The molecule has 0 spiro atoms. The second-order valence-corrected chi connectivity index (χ2v) is 6.70. The van der Waals surface area contributed by atoms with Crippen molar-refractivity contribution in [3.8, 4) is 0 Å². The third-order valence-corrected chi connectivity index (χ3v) is 4.32. The molecule has 0 unspecified atom stereocenters. The summed E-state index contributed by atoms with van der Waals surface area (Å²) in [5, 5.41) is 0. The number of rotatable bonds is 6. The minimum absolute atomic E-state index is 0.182. The summed E-state index contributed by atoms with van der Waals surface area (Å²) in [6.07, 6.45) is 0. The lowest BCUT2D eigenvalue weighted by Gasteiger charge is -2.08. The molecule has 0 bridgehead atoms. The Morgan fingerprint density at radius 2 is 1.04 bits per heavy atom. The molecule has 0 aliphatic carbocycles. The van der Waals surface area contributed by atoms with Gasteiger partial charge in [0.2, 0.25) is 0 Å². The van der Waals surface area contributed by atoms with E-state index in [-0.39, 0.29) is 13.2 Å². The van der Waals surface area contributed by atoms with Crippen molar-refractivity contribution in [2.45, 2.75) is 27.1 Å². The molecule has 3 rings (SSSR count). The molecule has 0 atom stereocenters. The lowest BCUT2D eigenvalue weighted by atomic mass is 10.1. The summed E-state index contributed by atoms with van der Waals surface area (Å²) >= 11 is 0. The van der Waals surface area contributed by atoms with Crippen LogP contribution in [0.4, 0.5) is 0 Å². The Morgan fingerprint density at radius 1 is 0.643 bits per heavy atom. The van der Waals surface area contributed by atoms with Gasteiger partial charge in [0.25, 0.3) is 0 Å². The van der Waals surface area contributed by atoms with E-state index in [1.807, 2.05) is 62.4 Å². The Kier molecular flexibility index (Phi) is 6.22. The number of ether oxygens (including phenoxy) is 2. The molecule has 0 aliphatic heterocycles. The number of carbonyl (C=O) groups excluding carboxylic acids is 2. The molecular weight excluding hydrogens is 352 g/mol. The summed E-state index contributed by atoms with van der Waals surface area (Å²) in [4.78, 5) is 24.6. The van der Waals surface area contributed by atoms with Crippen LogP contribution < -0.4 is 0 Å². The van der Waals surface area contributed by atoms with Gasteiger partial charge in [0.05, 0.1) is 11.1 Å². The summed E-state index contributed by atoms with van der Waals surface area (Å²) in [6, 6.07) is 21.9. The molecule has 0 radical (unpaired) electrons. The highest BCUT2D eigenvalue weighted by atomic mass is 16.5. The lowest BCUT2D eigenvalue weighted by Crippen LogP contribution is -2.09. The maximum absolute atomic E-state index is 12.3. The van der Waals surface area contributed by atoms with Crippen molar-refractivity contribution in [2.75, 3.05) is 0 Å². The first kappa shape index (κ1) is 19.4. The Morgan fingerprint density at radius 3 is 1.43 bits per heavy atom. The first-order valence-corrected chi connectivity index (χ1v) is 9.07. The van der Waals surface area contributed by atoms with Gasteiger partial charge in [0.1, 0.15) is 13.2 Å². The fraction of sp³-hybridized carbons (Fsp3) is 0.167. The third kappa shape index (κ3) is 5.30. The highest BCUT2D eigenvalue weighted by Gasteiger charge is 2.13. The summed E-state index contributed by atoms with van der Waals surface area (Å²) in [7, 11) is 0. The van der Waals surface area contributed by atoms with Crippen LogP contribution in [0.5, 0.6) is 0 Å². The minimum atomic E-state index is -0.478. The number of hydrogen-bond acceptors (Lipinski definition) is 4. The molecule has 0 aliphatic rings. The second-order valence-electron chi connectivity index (χ2n) is 6.70. The van der Waals surface area contributed by atoms with Gasteiger partial charge in [0.15, 0.2) is 0 Å². The van der Waals surface area contributed by atoms with Gasteiger partial charge in [-0.25, -0.2) is 9.59 Å². The summed E-state index contributed by atoms with van der Waals surface area (Å²) in [6.45, 7) is 4.36. The van der Waals surface area contributed by atoms with Crippen LogP contribution >= 0.6 is 0 Å². The fourth-order valence-electron chi connectivity index (χ4n) is 2.61. The van der Waals surface area contributed by atoms with E-state index in [4.69, 9.17) is 9.47 Å². The van der Waals surface area contributed by atoms with E-state index >= 15 is 0 Å². The van der Waals surface area contributed by atoms with Gasteiger partial charge in [-0.15, -0.1) is 0 Å². The molecule has 28 heavy (non-hydrogen) atoms. The molecule has 0 saturated heterocycles. The molecule has 0 amide bonds. The molecule has 4 heteroatoms. The topological polar surface area (TPSA) is 52.6 Å². The summed E-state index contributed by atoms with van der Waals surface area (Å²) in [5.41, 5.74) is 4.74. The highest BCUT2D eigenvalue weighted by Crippen LogP contribution is 2.12. The molecule has 0 heterocycles. The number of esters is 2. The Balaban J connectivity index is 1.58. The molecule has 0 aromatic heterocycles. The van der Waals surface area contributed by atoms with E-state index in [2.05, 4.69) is 0 Å². The molecule has 0 N–H and O–H groups in total. The smallest absolute Gasteiger partial charge is 0.338 e. The van der Waals surface area contributed by atoms with Gasteiger partial charge < -0.3 is 9.47 Å². The second kappa shape index (κ2) is 9.00. The Hall–Kier alpha value is -3.40. The van der Waals surface area contributed by atoms with Crippen LogP contribution in [0.3, 0.4) is 0 Å². The van der Waals surface area contributed by atoms with Crippen LogP contribution in [-0.4, -0.2) is 11.9 Å².